The van der Waals surface area contributed by atoms with Crippen molar-refractivity contribution in [3.05, 3.63) is 89.0 Å². The molecular formula is C23H22N2O6S. The Kier molecular flexibility index (Phi) is 7.11. The fourth-order valence-electron chi connectivity index (χ4n) is 2.78. The second-order valence-corrected chi connectivity index (χ2v) is 8.53. The number of nitrogens with one attached hydrogen (secondary N) is 1. The third-order valence-electron chi connectivity index (χ3n) is 4.47. The van der Waals surface area contributed by atoms with Crippen LogP contribution in [0.5, 0.6) is 11.5 Å². The zero-order valence-electron chi connectivity index (χ0n) is 17.5. The van der Waals surface area contributed by atoms with Crippen LogP contribution < -0.4 is 14.3 Å². The molecule has 0 aromatic heterocycles. The van der Waals surface area contributed by atoms with Crippen LogP contribution in [0.3, 0.4) is 0 Å². The number of hydrogen-bond donors (Lipinski definition) is 2. The van der Waals surface area contributed by atoms with E-state index in [1.807, 2.05) is 6.92 Å². The molecule has 3 aromatic carbocycles. The van der Waals surface area contributed by atoms with Crippen LogP contribution in [0, 0.1) is 6.92 Å². The van der Waals surface area contributed by atoms with Gasteiger partial charge < -0.3 is 14.6 Å². The molecule has 0 amide bonds. The van der Waals surface area contributed by atoms with Crippen molar-refractivity contribution in [1.29, 1.82) is 0 Å². The molecule has 166 valence electrons. The van der Waals surface area contributed by atoms with Gasteiger partial charge in [0, 0.05) is 0 Å². The Hall–Kier alpha value is -3.85. The molecule has 0 aliphatic carbocycles. The van der Waals surface area contributed by atoms with Crippen molar-refractivity contribution >= 4 is 22.2 Å². The summed E-state index contributed by atoms with van der Waals surface area (Å²) in [5.41, 5.74) is 2.42. The zero-order chi connectivity index (χ0) is 23.1. The fourth-order valence-corrected chi connectivity index (χ4v) is 3.57. The lowest BCUT2D eigenvalue weighted by atomic mass is 10.1. The number of ether oxygens (including phenoxy) is 2. The summed E-state index contributed by atoms with van der Waals surface area (Å²) in [6.07, 6.45) is 1.36. The van der Waals surface area contributed by atoms with Gasteiger partial charge in [-0.1, -0.05) is 29.8 Å². The summed E-state index contributed by atoms with van der Waals surface area (Å²) in [5, 5.41) is 12.9. The third-order valence-corrected chi connectivity index (χ3v) is 5.71. The Labute approximate surface area is 186 Å². The van der Waals surface area contributed by atoms with Crippen molar-refractivity contribution in [2.24, 2.45) is 5.10 Å². The summed E-state index contributed by atoms with van der Waals surface area (Å²) in [4.78, 5) is 13.4. The molecule has 2 N–H and O–H groups in total. The highest BCUT2D eigenvalue weighted by Crippen LogP contribution is 2.28. The van der Waals surface area contributed by atoms with Crippen LogP contribution in [0.4, 0.5) is 0 Å². The van der Waals surface area contributed by atoms with Gasteiger partial charge in [-0.2, -0.15) is 13.5 Å². The number of carboxylic acid groups (broad SMARTS) is 1. The number of carbonyl (C=O) groups is 1. The standard InChI is InChI=1S/C23H22N2O6S/c1-16-6-9-20(10-7-16)32(28,29)25-24-14-17-8-11-21(22(13-17)30-2)31-15-18-4-3-5-19(12-18)23(26)27/h3-14,25H,15H2,1-2H3,(H,26,27)/b24-14-. The van der Waals surface area contributed by atoms with E-state index in [2.05, 4.69) is 9.93 Å². The van der Waals surface area contributed by atoms with Crippen LogP contribution in [-0.2, 0) is 16.6 Å². The van der Waals surface area contributed by atoms with Crippen molar-refractivity contribution in [3.8, 4) is 11.5 Å². The molecule has 32 heavy (non-hydrogen) atoms. The first-order valence-electron chi connectivity index (χ1n) is 9.53. The molecule has 3 aromatic rings. The molecule has 0 fully saturated rings. The molecule has 9 heteroatoms. The van der Waals surface area contributed by atoms with Crippen LogP contribution in [-0.4, -0.2) is 32.8 Å². The molecule has 0 aliphatic rings. The highest BCUT2D eigenvalue weighted by Gasteiger charge is 2.12. The average Bonchev–Trinajstić information content (AvgIpc) is 2.78. The Morgan fingerprint density at radius 3 is 2.50 bits per heavy atom. The van der Waals surface area contributed by atoms with Crippen molar-refractivity contribution < 1.29 is 27.8 Å². The summed E-state index contributed by atoms with van der Waals surface area (Å²) in [6.45, 7) is 2.02. The second kappa shape index (κ2) is 9.97. The van der Waals surface area contributed by atoms with Gasteiger partial charge in [0.05, 0.1) is 23.8 Å². The maximum Gasteiger partial charge on any atom is 0.335 e. The van der Waals surface area contributed by atoms with Gasteiger partial charge in [-0.25, -0.2) is 9.63 Å². The number of methoxy groups -OCH3 is 1. The van der Waals surface area contributed by atoms with E-state index in [0.29, 0.717) is 22.6 Å². The van der Waals surface area contributed by atoms with E-state index < -0.39 is 16.0 Å². The minimum Gasteiger partial charge on any atom is -0.493 e. The molecule has 0 spiro atoms. The number of benzene rings is 3. The van der Waals surface area contributed by atoms with Crippen LogP contribution in [0.1, 0.15) is 27.0 Å². The number of hydrazone groups is 1. The van der Waals surface area contributed by atoms with E-state index in [-0.39, 0.29) is 17.1 Å². The highest BCUT2D eigenvalue weighted by atomic mass is 32.2. The van der Waals surface area contributed by atoms with Crippen molar-refractivity contribution in [2.45, 2.75) is 18.4 Å². The van der Waals surface area contributed by atoms with E-state index >= 15 is 0 Å². The minimum atomic E-state index is -3.77. The topological polar surface area (TPSA) is 114 Å². The quantitative estimate of drug-likeness (QED) is 0.377. The molecule has 8 nitrogen and oxygen atoms in total. The van der Waals surface area contributed by atoms with Gasteiger partial charge >= 0.3 is 5.97 Å². The molecule has 0 unspecified atom stereocenters. The molecule has 3 rings (SSSR count). The number of rotatable bonds is 9. The summed E-state index contributed by atoms with van der Waals surface area (Å²) < 4.78 is 35.7. The molecule has 0 saturated carbocycles. The number of aryl methyl sites for hydroxylation is 1. The third kappa shape index (κ3) is 5.86. The lowest BCUT2D eigenvalue weighted by Crippen LogP contribution is -2.18. The van der Waals surface area contributed by atoms with Crippen molar-refractivity contribution in [2.75, 3.05) is 7.11 Å². The summed E-state index contributed by atoms with van der Waals surface area (Å²) in [7, 11) is -2.29. The minimum absolute atomic E-state index is 0.119. The first kappa shape index (κ1) is 22.8. The first-order chi connectivity index (χ1) is 15.3. The molecule has 0 atom stereocenters. The van der Waals surface area contributed by atoms with Gasteiger partial charge in [-0.05, 0) is 60.5 Å². The number of carboxylic acids is 1. The Balaban J connectivity index is 1.67. The average molecular weight is 455 g/mol. The number of nitrogens with zero attached hydrogens (tertiary/aromatic N) is 1. The smallest absolute Gasteiger partial charge is 0.335 e. The molecule has 0 saturated heterocycles. The van der Waals surface area contributed by atoms with Gasteiger partial charge in [0.1, 0.15) is 6.61 Å². The lowest BCUT2D eigenvalue weighted by molar-refractivity contribution is 0.0696. The Morgan fingerprint density at radius 1 is 1.06 bits per heavy atom. The monoisotopic (exact) mass is 454 g/mol. The number of aromatic carboxylic acids is 1. The van der Waals surface area contributed by atoms with Crippen LogP contribution >= 0.6 is 0 Å². The number of hydrogen-bond acceptors (Lipinski definition) is 6. The van der Waals surface area contributed by atoms with Gasteiger partial charge in [-0.15, -0.1) is 0 Å². The summed E-state index contributed by atoms with van der Waals surface area (Å²) >= 11 is 0. The Bertz CT molecular complexity index is 1240. The largest absolute Gasteiger partial charge is 0.493 e. The lowest BCUT2D eigenvalue weighted by Gasteiger charge is -2.11. The van der Waals surface area contributed by atoms with Crippen molar-refractivity contribution in [1.82, 2.24) is 4.83 Å². The second-order valence-electron chi connectivity index (χ2n) is 6.87. The molecular weight excluding hydrogens is 432 g/mol. The van der Waals surface area contributed by atoms with Crippen LogP contribution in [0.25, 0.3) is 0 Å². The predicted molar refractivity (Wildman–Crippen MR) is 120 cm³/mol. The maximum atomic E-state index is 12.3. The summed E-state index contributed by atoms with van der Waals surface area (Å²) in [6, 6.07) is 17.9. The molecule has 0 heterocycles. The van der Waals surface area contributed by atoms with E-state index in [9.17, 15) is 13.2 Å². The van der Waals surface area contributed by atoms with Crippen molar-refractivity contribution in [3.63, 3.8) is 0 Å². The zero-order valence-corrected chi connectivity index (χ0v) is 18.3. The van der Waals surface area contributed by atoms with E-state index in [1.165, 1.54) is 37.6 Å². The molecule has 0 bridgehead atoms. The SMILES string of the molecule is COc1cc(/C=N\NS(=O)(=O)c2ccc(C)cc2)ccc1OCc1cccc(C(=O)O)c1. The predicted octanol–water partition coefficient (Wildman–Crippen LogP) is 3.59. The summed E-state index contributed by atoms with van der Waals surface area (Å²) in [5.74, 6) is -0.138. The van der Waals surface area contributed by atoms with Gasteiger partial charge in [0.15, 0.2) is 11.5 Å². The van der Waals surface area contributed by atoms with E-state index in [4.69, 9.17) is 14.6 Å². The molecule has 0 radical (unpaired) electrons. The maximum absolute atomic E-state index is 12.3. The highest BCUT2D eigenvalue weighted by molar-refractivity contribution is 7.89. The van der Waals surface area contributed by atoms with E-state index in [1.54, 1.807) is 42.5 Å². The van der Waals surface area contributed by atoms with Crippen LogP contribution in [0.15, 0.2) is 76.7 Å². The van der Waals surface area contributed by atoms with Gasteiger partial charge in [-0.3, -0.25) is 0 Å². The normalized spacial score (nSPS) is 11.3. The Morgan fingerprint density at radius 2 is 1.81 bits per heavy atom. The first-order valence-corrected chi connectivity index (χ1v) is 11.0. The van der Waals surface area contributed by atoms with E-state index in [0.717, 1.165) is 5.56 Å². The van der Waals surface area contributed by atoms with Crippen LogP contribution in [0.2, 0.25) is 0 Å². The van der Waals surface area contributed by atoms with Gasteiger partial charge in [0.2, 0.25) is 0 Å². The number of sulfonamides is 1. The van der Waals surface area contributed by atoms with Gasteiger partial charge in [0.25, 0.3) is 10.0 Å². The fraction of sp³-hybridized carbons (Fsp3) is 0.130. The molecule has 0 aliphatic heterocycles.